The smallest absolute Gasteiger partial charge is 0.255 e. The van der Waals surface area contributed by atoms with Crippen LogP contribution in [0.2, 0.25) is 0 Å². The van der Waals surface area contributed by atoms with E-state index in [9.17, 15) is 4.79 Å². The van der Waals surface area contributed by atoms with Gasteiger partial charge in [-0.1, -0.05) is 19.1 Å². The number of fused-ring (bicyclic) bond motifs is 1. The zero-order chi connectivity index (χ0) is 14.1. The summed E-state index contributed by atoms with van der Waals surface area (Å²) >= 11 is 0. The van der Waals surface area contributed by atoms with Crippen molar-refractivity contribution in [2.45, 2.75) is 38.3 Å². The van der Waals surface area contributed by atoms with Crippen molar-refractivity contribution >= 4 is 11.6 Å². The number of hydrogen-bond acceptors (Lipinski definition) is 3. The van der Waals surface area contributed by atoms with Crippen molar-refractivity contribution in [2.75, 3.05) is 25.0 Å². The predicted molar refractivity (Wildman–Crippen MR) is 81.2 cm³/mol. The van der Waals surface area contributed by atoms with E-state index < -0.39 is 0 Å². The summed E-state index contributed by atoms with van der Waals surface area (Å²) in [5.41, 5.74) is 3.22. The topological polar surface area (TPSA) is 44.4 Å². The molecule has 1 aliphatic carbocycles. The highest BCUT2D eigenvalue weighted by Crippen LogP contribution is 2.44. The first-order chi connectivity index (χ1) is 9.72. The zero-order valence-corrected chi connectivity index (χ0v) is 12.3. The Hall–Kier alpha value is -1.55. The Morgan fingerprint density at radius 1 is 1.40 bits per heavy atom. The molecule has 2 aliphatic rings. The molecule has 0 unspecified atom stereocenters. The molecule has 1 heterocycles. The molecule has 1 aromatic carbocycles. The molecule has 1 atom stereocenters. The summed E-state index contributed by atoms with van der Waals surface area (Å²) in [6, 6.07) is 6.27. The Morgan fingerprint density at radius 2 is 2.20 bits per heavy atom. The Labute approximate surface area is 120 Å². The van der Waals surface area contributed by atoms with Gasteiger partial charge < -0.3 is 15.5 Å². The molecule has 20 heavy (non-hydrogen) atoms. The third-order valence-corrected chi connectivity index (χ3v) is 4.31. The first-order valence-electron chi connectivity index (χ1n) is 7.59. The molecular weight excluding hydrogens is 250 g/mol. The fourth-order valence-corrected chi connectivity index (χ4v) is 3.00. The van der Waals surface area contributed by atoms with Crippen molar-refractivity contribution in [3.05, 3.63) is 29.3 Å². The molecule has 1 amide bonds. The first kappa shape index (κ1) is 13.4. The van der Waals surface area contributed by atoms with Gasteiger partial charge in [0.05, 0.1) is 11.3 Å². The van der Waals surface area contributed by atoms with E-state index in [0.717, 1.165) is 30.8 Å². The third kappa shape index (κ3) is 2.40. The van der Waals surface area contributed by atoms with Gasteiger partial charge in [0.1, 0.15) is 6.17 Å². The lowest BCUT2D eigenvalue weighted by Gasteiger charge is -2.37. The van der Waals surface area contributed by atoms with Gasteiger partial charge in [-0.15, -0.1) is 0 Å². The van der Waals surface area contributed by atoms with Crippen LogP contribution in [0.25, 0.3) is 0 Å². The number of carbonyl (C=O) groups is 1. The van der Waals surface area contributed by atoms with E-state index in [4.69, 9.17) is 0 Å². The largest absolute Gasteiger partial charge is 0.354 e. The highest BCUT2D eigenvalue weighted by Gasteiger charge is 2.34. The lowest BCUT2D eigenvalue weighted by Crippen LogP contribution is -2.52. The number of amides is 1. The summed E-state index contributed by atoms with van der Waals surface area (Å²) in [5.74, 6) is 0.699. The molecule has 3 rings (SSSR count). The zero-order valence-electron chi connectivity index (χ0n) is 12.3. The number of hydrogen-bond donors (Lipinski definition) is 2. The number of carbonyl (C=O) groups excluding carboxylic acids is 1. The van der Waals surface area contributed by atoms with E-state index in [0.29, 0.717) is 5.92 Å². The average Bonchev–Trinajstić information content (AvgIpc) is 3.28. The number of nitrogens with zero attached hydrogens (tertiary/aromatic N) is 1. The van der Waals surface area contributed by atoms with Gasteiger partial charge in [-0.25, -0.2) is 0 Å². The average molecular weight is 273 g/mol. The summed E-state index contributed by atoms with van der Waals surface area (Å²) in [4.78, 5) is 14.7. The summed E-state index contributed by atoms with van der Waals surface area (Å²) < 4.78 is 0. The Morgan fingerprint density at radius 3 is 2.90 bits per heavy atom. The van der Waals surface area contributed by atoms with Gasteiger partial charge in [0.15, 0.2) is 0 Å². The maximum absolute atomic E-state index is 12.5. The van der Waals surface area contributed by atoms with Crippen molar-refractivity contribution < 1.29 is 4.79 Å². The van der Waals surface area contributed by atoms with Crippen molar-refractivity contribution in [3.63, 3.8) is 0 Å². The van der Waals surface area contributed by atoms with Gasteiger partial charge in [-0.3, -0.25) is 4.79 Å². The molecule has 2 N–H and O–H groups in total. The SMILES string of the molecule is CCNCC[C@@H]1NC(=O)c2c(C3CC3)cccc2N1C. The fraction of sp³-hybridized carbons (Fsp3) is 0.562. The normalized spacial score (nSPS) is 21.6. The number of benzene rings is 1. The van der Waals surface area contributed by atoms with E-state index in [1.54, 1.807) is 0 Å². The van der Waals surface area contributed by atoms with E-state index in [1.165, 1.54) is 18.4 Å². The highest BCUT2D eigenvalue weighted by molar-refractivity contribution is 6.03. The first-order valence-corrected chi connectivity index (χ1v) is 7.59. The fourth-order valence-electron chi connectivity index (χ4n) is 3.00. The molecule has 1 aliphatic heterocycles. The van der Waals surface area contributed by atoms with Crippen LogP contribution in [0, 0.1) is 0 Å². The van der Waals surface area contributed by atoms with Crippen LogP contribution in [0.15, 0.2) is 18.2 Å². The van der Waals surface area contributed by atoms with E-state index in [-0.39, 0.29) is 12.1 Å². The minimum absolute atomic E-state index is 0.0866. The van der Waals surface area contributed by atoms with Crippen LogP contribution >= 0.6 is 0 Å². The second-order valence-electron chi connectivity index (χ2n) is 5.76. The second kappa shape index (κ2) is 5.44. The molecule has 108 valence electrons. The van der Waals surface area contributed by atoms with Crippen LogP contribution in [0.3, 0.4) is 0 Å². The van der Waals surface area contributed by atoms with Crippen molar-refractivity contribution in [2.24, 2.45) is 0 Å². The molecule has 1 saturated carbocycles. The van der Waals surface area contributed by atoms with Crippen molar-refractivity contribution in [1.29, 1.82) is 0 Å². The highest BCUT2D eigenvalue weighted by atomic mass is 16.2. The monoisotopic (exact) mass is 273 g/mol. The molecule has 4 nitrogen and oxygen atoms in total. The second-order valence-corrected chi connectivity index (χ2v) is 5.76. The molecule has 0 bridgehead atoms. The van der Waals surface area contributed by atoms with Crippen LogP contribution in [0.1, 0.15) is 48.0 Å². The van der Waals surface area contributed by atoms with Crippen molar-refractivity contribution in [3.8, 4) is 0 Å². The van der Waals surface area contributed by atoms with Crippen LogP contribution in [0.4, 0.5) is 5.69 Å². The van der Waals surface area contributed by atoms with Crippen LogP contribution in [-0.4, -0.2) is 32.2 Å². The summed E-state index contributed by atoms with van der Waals surface area (Å²) in [7, 11) is 2.07. The van der Waals surface area contributed by atoms with E-state index in [2.05, 4.69) is 47.7 Å². The van der Waals surface area contributed by atoms with Crippen molar-refractivity contribution in [1.82, 2.24) is 10.6 Å². The minimum Gasteiger partial charge on any atom is -0.354 e. The molecule has 0 aromatic heterocycles. The Bertz CT molecular complexity index is 510. The molecule has 1 fully saturated rings. The van der Waals surface area contributed by atoms with Gasteiger partial charge in [0.2, 0.25) is 0 Å². The summed E-state index contributed by atoms with van der Waals surface area (Å²) in [6.07, 6.45) is 3.45. The molecule has 0 radical (unpaired) electrons. The van der Waals surface area contributed by atoms with E-state index in [1.807, 2.05) is 0 Å². The Kier molecular flexibility index (Phi) is 3.66. The van der Waals surface area contributed by atoms with Crippen LogP contribution in [-0.2, 0) is 0 Å². The van der Waals surface area contributed by atoms with Crippen LogP contribution in [0.5, 0.6) is 0 Å². The summed E-state index contributed by atoms with van der Waals surface area (Å²) in [5, 5.41) is 6.47. The van der Waals surface area contributed by atoms with Gasteiger partial charge in [0.25, 0.3) is 5.91 Å². The lowest BCUT2D eigenvalue weighted by atomic mass is 9.97. The maximum Gasteiger partial charge on any atom is 0.255 e. The summed E-state index contributed by atoms with van der Waals surface area (Å²) in [6.45, 7) is 3.98. The van der Waals surface area contributed by atoms with Gasteiger partial charge in [-0.2, -0.15) is 0 Å². The molecule has 0 spiro atoms. The third-order valence-electron chi connectivity index (χ3n) is 4.31. The molecular formula is C16H23N3O. The number of anilines is 1. The van der Waals surface area contributed by atoms with Gasteiger partial charge in [-0.05, 0) is 49.9 Å². The molecule has 4 heteroatoms. The Balaban J connectivity index is 1.85. The standard InChI is InChI=1S/C16H23N3O/c1-3-17-10-9-14-18-16(20)15-12(11-7-8-11)5-4-6-13(15)19(14)2/h4-6,11,14,17H,3,7-10H2,1-2H3,(H,18,20)/t14-/m1/s1. The maximum atomic E-state index is 12.5. The van der Waals surface area contributed by atoms with Crippen LogP contribution < -0.4 is 15.5 Å². The quantitative estimate of drug-likeness (QED) is 0.807. The van der Waals surface area contributed by atoms with Gasteiger partial charge >= 0.3 is 0 Å². The molecule has 1 aromatic rings. The van der Waals surface area contributed by atoms with E-state index >= 15 is 0 Å². The lowest BCUT2D eigenvalue weighted by molar-refractivity contribution is 0.0925. The predicted octanol–water partition coefficient (Wildman–Crippen LogP) is 2.07. The number of rotatable bonds is 5. The molecule has 0 saturated heterocycles. The number of nitrogens with one attached hydrogen (secondary N) is 2. The minimum atomic E-state index is 0.0866. The van der Waals surface area contributed by atoms with Gasteiger partial charge in [0, 0.05) is 7.05 Å².